The summed E-state index contributed by atoms with van der Waals surface area (Å²) in [6, 6.07) is 8.37. The molecule has 1 aliphatic heterocycles. The number of aliphatic hydroxyl groups excluding tert-OH is 1. The average molecular weight is 400 g/mol. The first-order chi connectivity index (χ1) is 12.5. The zero-order chi connectivity index (χ0) is 18.7. The summed E-state index contributed by atoms with van der Waals surface area (Å²) < 4.78 is 25.6. The Bertz CT molecular complexity index is 768. The molecule has 140 valence electrons. The highest BCUT2D eigenvalue weighted by Gasteiger charge is 2.23. The summed E-state index contributed by atoms with van der Waals surface area (Å²) in [6.07, 6.45) is 0.323. The van der Waals surface area contributed by atoms with E-state index < -0.39 is 18.0 Å². The molecule has 3 rings (SSSR count). The molecule has 7 heteroatoms. The van der Waals surface area contributed by atoms with E-state index in [4.69, 9.17) is 38.4 Å². The lowest BCUT2D eigenvalue weighted by Gasteiger charge is -2.24. The van der Waals surface area contributed by atoms with E-state index in [2.05, 4.69) is 0 Å². The zero-order valence-corrected chi connectivity index (χ0v) is 15.5. The summed E-state index contributed by atoms with van der Waals surface area (Å²) in [7, 11) is 0. The molecular formula is C19H20Cl2FNO3. The minimum atomic E-state index is -1.23. The molecule has 0 aliphatic carbocycles. The molecule has 0 amide bonds. The van der Waals surface area contributed by atoms with Gasteiger partial charge in [-0.2, -0.15) is 0 Å². The van der Waals surface area contributed by atoms with Crippen LogP contribution in [0.1, 0.15) is 36.1 Å². The monoisotopic (exact) mass is 399 g/mol. The van der Waals surface area contributed by atoms with Crippen LogP contribution in [0.4, 0.5) is 4.39 Å². The Balaban J connectivity index is 1.74. The van der Waals surface area contributed by atoms with E-state index in [1.165, 1.54) is 12.1 Å². The van der Waals surface area contributed by atoms with Gasteiger partial charge < -0.3 is 20.3 Å². The standard InChI is InChI=1S/C19H20Cl2FNO3/c20-15-4-1-11(9-16(15)21)18(23)19(24)14-3-2-13(10-17(14)22)26-12-5-7-25-8-6-12/h1-4,9-10,12,18-19,24H,5-8,23H2/t18-,19+/m1/s1. The van der Waals surface area contributed by atoms with Crippen LogP contribution in [-0.4, -0.2) is 24.4 Å². The van der Waals surface area contributed by atoms with Crippen LogP contribution in [-0.2, 0) is 4.74 Å². The molecule has 1 heterocycles. The van der Waals surface area contributed by atoms with Crippen molar-refractivity contribution in [1.29, 1.82) is 0 Å². The van der Waals surface area contributed by atoms with Crippen molar-refractivity contribution in [3.8, 4) is 5.75 Å². The van der Waals surface area contributed by atoms with Crippen LogP contribution in [0.3, 0.4) is 0 Å². The van der Waals surface area contributed by atoms with Crippen molar-refractivity contribution in [3.63, 3.8) is 0 Å². The van der Waals surface area contributed by atoms with E-state index in [1.54, 1.807) is 24.3 Å². The third-order valence-electron chi connectivity index (χ3n) is 4.43. The highest BCUT2D eigenvalue weighted by Crippen LogP contribution is 2.33. The molecule has 3 N–H and O–H groups in total. The summed E-state index contributed by atoms with van der Waals surface area (Å²) in [4.78, 5) is 0. The van der Waals surface area contributed by atoms with Gasteiger partial charge in [0.05, 0.1) is 29.3 Å². The van der Waals surface area contributed by atoms with Crippen LogP contribution >= 0.6 is 23.2 Å². The average Bonchev–Trinajstić information content (AvgIpc) is 2.64. The Kier molecular flexibility index (Phi) is 6.37. The molecule has 0 radical (unpaired) electrons. The third kappa shape index (κ3) is 4.48. The number of hydrogen-bond donors (Lipinski definition) is 2. The second-order valence-corrected chi connectivity index (χ2v) is 7.07. The largest absolute Gasteiger partial charge is 0.490 e. The van der Waals surface area contributed by atoms with Crippen molar-refractivity contribution in [1.82, 2.24) is 0 Å². The Hall–Kier alpha value is -1.37. The van der Waals surface area contributed by atoms with Gasteiger partial charge in [-0.3, -0.25) is 0 Å². The highest BCUT2D eigenvalue weighted by molar-refractivity contribution is 6.42. The lowest BCUT2D eigenvalue weighted by atomic mass is 9.96. The van der Waals surface area contributed by atoms with Gasteiger partial charge in [0, 0.05) is 24.5 Å². The highest BCUT2D eigenvalue weighted by atomic mass is 35.5. The van der Waals surface area contributed by atoms with Crippen LogP contribution in [0.15, 0.2) is 36.4 Å². The number of nitrogens with two attached hydrogens (primary N) is 1. The van der Waals surface area contributed by atoms with Gasteiger partial charge in [-0.1, -0.05) is 29.3 Å². The molecule has 2 aromatic rings. The summed E-state index contributed by atoms with van der Waals surface area (Å²) in [5, 5.41) is 11.2. The fraction of sp³-hybridized carbons (Fsp3) is 0.368. The number of benzene rings is 2. The lowest BCUT2D eigenvalue weighted by molar-refractivity contribution is 0.0254. The summed E-state index contributed by atoms with van der Waals surface area (Å²) >= 11 is 11.9. The molecule has 0 unspecified atom stereocenters. The second-order valence-electron chi connectivity index (χ2n) is 6.26. The van der Waals surface area contributed by atoms with Gasteiger partial charge in [0.1, 0.15) is 23.8 Å². The third-order valence-corrected chi connectivity index (χ3v) is 5.17. The zero-order valence-electron chi connectivity index (χ0n) is 14.0. The van der Waals surface area contributed by atoms with Gasteiger partial charge in [-0.05, 0) is 29.8 Å². The molecule has 1 aliphatic rings. The number of hydrogen-bond acceptors (Lipinski definition) is 4. The van der Waals surface area contributed by atoms with Crippen LogP contribution in [0.5, 0.6) is 5.75 Å². The van der Waals surface area contributed by atoms with Gasteiger partial charge in [0.25, 0.3) is 0 Å². The van der Waals surface area contributed by atoms with E-state index >= 15 is 0 Å². The van der Waals surface area contributed by atoms with Crippen molar-refractivity contribution in [2.45, 2.75) is 31.1 Å². The Morgan fingerprint density at radius 2 is 1.85 bits per heavy atom. The summed E-state index contributed by atoms with van der Waals surface area (Å²) in [5.41, 5.74) is 6.75. The van der Waals surface area contributed by atoms with Crippen LogP contribution < -0.4 is 10.5 Å². The fourth-order valence-electron chi connectivity index (χ4n) is 2.90. The molecule has 4 nitrogen and oxygen atoms in total. The molecule has 2 atom stereocenters. The van der Waals surface area contributed by atoms with Gasteiger partial charge >= 0.3 is 0 Å². The number of ether oxygens (including phenoxy) is 2. The molecule has 0 aromatic heterocycles. The Morgan fingerprint density at radius 3 is 2.50 bits per heavy atom. The minimum absolute atomic E-state index is 0.0115. The van der Waals surface area contributed by atoms with E-state index in [-0.39, 0.29) is 11.7 Å². The van der Waals surface area contributed by atoms with E-state index in [0.717, 1.165) is 12.8 Å². The van der Waals surface area contributed by atoms with Crippen LogP contribution in [0.25, 0.3) is 0 Å². The fourth-order valence-corrected chi connectivity index (χ4v) is 3.21. The van der Waals surface area contributed by atoms with E-state index in [0.29, 0.717) is 34.6 Å². The minimum Gasteiger partial charge on any atom is -0.490 e. The molecular weight excluding hydrogens is 380 g/mol. The van der Waals surface area contributed by atoms with Crippen molar-refractivity contribution in [2.24, 2.45) is 5.73 Å². The predicted octanol–water partition coefficient (Wildman–Crippen LogP) is 4.42. The quantitative estimate of drug-likeness (QED) is 0.780. The molecule has 1 saturated heterocycles. The topological polar surface area (TPSA) is 64.7 Å². The van der Waals surface area contributed by atoms with Gasteiger partial charge in [-0.25, -0.2) is 4.39 Å². The number of rotatable bonds is 5. The molecule has 26 heavy (non-hydrogen) atoms. The number of halogens is 3. The summed E-state index contributed by atoms with van der Waals surface area (Å²) in [5.74, 6) is -0.147. The van der Waals surface area contributed by atoms with Gasteiger partial charge in [0.2, 0.25) is 0 Å². The SMILES string of the molecule is N[C@H](c1ccc(Cl)c(Cl)c1)[C@@H](O)c1ccc(OC2CCOCC2)cc1F. The summed E-state index contributed by atoms with van der Waals surface area (Å²) in [6.45, 7) is 1.28. The normalized spacial score (nSPS) is 17.7. The maximum atomic E-state index is 14.5. The van der Waals surface area contributed by atoms with Crippen molar-refractivity contribution in [2.75, 3.05) is 13.2 Å². The van der Waals surface area contributed by atoms with Gasteiger partial charge in [-0.15, -0.1) is 0 Å². The first-order valence-electron chi connectivity index (χ1n) is 8.38. The molecule has 0 bridgehead atoms. The molecule has 0 spiro atoms. The lowest BCUT2D eigenvalue weighted by Crippen LogP contribution is -2.26. The van der Waals surface area contributed by atoms with Crippen molar-refractivity contribution in [3.05, 3.63) is 63.4 Å². The Labute approximate surface area is 161 Å². The van der Waals surface area contributed by atoms with Crippen LogP contribution in [0, 0.1) is 5.82 Å². The molecule has 1 fully saturated rings. The smallest absolute Gasteiger partial charge is 0.132 e. The first kappa shape index (κ1) is 19.4. The van der Waals surface area contributed by atoms with E-state index in [9.17, 15) is 9.50 Å². The van der Waals surface area contributed by atoms with Gasteiger partial charge in [0.15, 0.2) is 0 Å². The Morgan fingerprint density at radius 1 is 1.12 bits per heavy atom. The van der Waals surface area contributed by atoms with Crippen LogP contribution in [0.2, 0.25) is 10.0 Å². The predicted molar refractivity (Wildman–Crippen MR) is 99.2 cm³/mol. The van der Waals surface area contributed by atoms with Crippen molar-refractivity contribution < 1.29 is 19.0 Å². The maximum absolute atomic E-state index is 14.5. The van der Waals surface area contributed by atoms with Crippen molar-refractivity contribution >= 4 is 23.2 Å². The van der Waals surface area contributed by atoms with E-state index in [1.807, 2.05) is 0 Å². The maximum Gasteiger partial charge on any atom is 0.132 e. The first-order valence-corrected chi connectivity index (χ1v) is 9.13. The molecule has 2 aromatic carbocycles. The molecule has 0 saturated carbocycles. The number of aliphatic hydroxyl groups is 1. The second kappa shape index (κ2) is 8.55.